The van der Waals surface area contributed by atoms with E-state index in [9.17, 15) is 5.11 Å². The Balaban J connectivity index is 1.81. The zero-order valence-electron chi connectivity index (χ0n) is 12.4. The normalized spacial score (nSPS) is 12.0. The Bertz CT molecular complexity index is 571. The van der Waals surface area contributed by atoms with E-state index in [-0.39, 0.29) is 13.2 Å². The van der Waals surface area contributed by atoms with Crippen LogP contribution < -0.4 is 9.47 Å². The molecule has 0 amide bonds. The molecule has 4 nitrogen and oxygen atoms in total. The predicted molar refractivity (Wildman–Crippen MR) is 85.6 cm³/mol. The zero-order chi connectivity index (χ0) is 15.8. The zero-order valence-corrected chi connectivity index (χ0v) is 13.1. The highest BCUT2D eigenvalue weighted by Crippen LogP contribution is 2.19. The Morgan fingerprint density at radius 2 is 1.68 bits per heavy atom. The Morgan fingerprint density at radius 1 is 1.00 bits per heavy atom. The monoisotopic (exact) mass is 322 g/mol. The van der Waals surface area contributed by atoms with Gasteiger partial charge in [-0.3, -0.25) is 0 Å². The molecule has 2 rings (SSSR count). The molecule has 1 atom stereocenters. The Hall–Kier alpha value is -1.75. The van der Waals surface area contributed by atoms with Gasteiger partial charge in [0.05, 0.1) is 6.61 Å². The predicted octanol–water partition coefficient (Wildman–Crippen LogP) is 3.31. The third kappa shape index (κ3) is 5.56. The lowest BCUT2D eigenvalue weighted by Crippen LogP contribution is -2.22. The van der Waals surface area contributed by atoms with Gasteiger partial charge < -0.3 is 19.3 Å². The standard InChI is InChI=1S/C17H19ClO4/c1-20-11-15(19)12-22-17-7-5-16(6-8-17)21-10-13-3-2-4-14(18)9-13/h2-9,15,19H,10-12H2,1H3/t15-/m1/s1. The minimum Gasteiger partial charge on any atom is -0.491 e. The molecule has 2 aromatic carbocycles. The van der Waals surface area contributed by atoms with Crippen LogP contribution in [0.1, 0.15) is 5.56 Å². The van der Waals surface area contributed by atoms with Crippen LogP contribution in [0.15, 0.2) is 48.5 Å². The summed E-state index contributed by atoms with van der Waals surface area (Å²) < 4.78 is 16.0. The second kappa shape index (κ2) is 8.63. The summed E-state index contributed by atoms with van der Waals surface area (Å²) >= 11 is 5.93. The van der Waals surface area contributed by atoms with Crippen molar-refractivity contribution in [3.8, 4) is 11.5 Å². The molecule has 1 N–H and O–H groups in total. The number of hydrogen-bond donors (Lipinski definition) is 1. The van der Waals surface area contributed by atoms with Gasteiger partial charge in [0, 0.05) is 12.1 Å². The van der Waals surface area contributed by atoms with Crippen LogP contribution >= 0.6 is 11.6 Å². The first kappa shape index (κ1) is 16.6. The quantitative estimate of drug-likeness (QED) is 0.810. The number of methoxy groups -OCH3 is 1. The maximum Gasteiger partial charge on any atom is 0.120 e. The number of rotatable bonds is 8. The van der Waals surface area contributed by atoms with Gasteiger partial charge in [-0.15, -0.1) is 0 Å². The summed E-state index contributed by atoms with van der Waals surface area (Å²) in [5.74, 6) is 1.41. The molecule has 0 aromatic heterocycles. The highest BCUT2D eigenvalue weighted by molar-refractivity contribution is 6.30. The summed E-state index contributed by atoms with van der Waals surface area (Å²) in [4.78, 5) is 0. The van der Waals surface area contributed by atoms with Crippen LogP contribution in [0.5, 0.6) is 11.5 Å². The van der Waals surface area contributed by atoms with Crippen LogP contribution in [0, 0.1) is 0 Å². The highest BCUT2D eigenvalue weighted by Gasteiger charge is 2.04. The van der Waals surface area contributed by atoms with Crippen molar-refractivity contribution in [1.29, 1.82) is 0 Å². The van der Waals surface area contributed by atoms with Crippen molar-refractivity contribution in [3.05, 3.63) is 59.1 Å². The number of aliphatic hydroxyl groups excluding tert-OH is 1. The van der Waals surface area contributed by atoms with Crippen LogP contribution in [0.25, 0.3) is 0 Å². The number of ether oxygens (including phenoxy) is 3. The molecule has 5 heteroatoms. The first-order valence-electron chi connectivity index (χ1n) is 6.94. The number of halogens is 1. The van der Waals surface area contributed by atoms with Crippen molar-refractivity contribution in [2.24, 2.45) is 0 Å². The van der Waals surface area contributed by atoms with E-state index < -0.39 is 6.10 Å². The maximum absolute atomic E-state index is 9.51. The summed E-state index contributed by atoms with van der Waals surface area (Å²) in [6.45, 7) is 0.894. The topological polar surface area (TPSA) is 47.9 Å². The molecule has 0 unspecified atom stereocenters. The van der Waals surface area contributed by atoms with Gasteiger partial charge in [-0.2, -0.15) is 0 Å². The van der Waals surface area contributed by atoms with Crippen LogP contribution in [0.2, 0.25) is 5.02 Å². The molecule has 0 aliphatic heterocycles. The van der Waals surface area contributed by atoms with E-state index in [1.54, 1.807) is 12.1 Å². The molecule has 22 heavy (non-hydrogen) atoms. The summed E-state index contributed by atoms with van der Waals surface area (Å²) in [5, 5.41) is 10.2. The average molecular weight is 323 g/mol. The first-order valence-corrected chi connectivity index (χ1v) is 7.32. The summed E-state index contributed by atoms with van der Waals surface area (Å²) in [5.41, 5.74) is 1.01. The lowest BCUT2D eigenvalue weighted by atomic mass is 10.2. The Morgan fingerprint density at radius 3 is 2.32 bits per heavy atom. The van der Waals surface area contributed by atoms with Crippen LogP contribution in [0.3, 0.4) is 0 Å². The number of hydrogen-bond acceptors (Lipinski definition) is 4. The second-order valence-corrected chi connectivity index (χ2v) is 5.25. The molecule has 0 spiro atoms. The van der Waals surface area contributed by atoms with Crippen molar-refractivity contribution in [2.45, 2.75) is 12.7 Å². The maximum atomic E-state index is 9.51. The van der Waals surface area contributed by atoms with Crippen molar-refractivity contribution < 1.29 is 19.3 Å². The van der Waals surface area contributed by atoms with E-state index in [4.69, 9.17) is 25.8 Å². The number of aliphatic hydroxyl groups is 1. The molecule has 0 aliphatic carbocycles. The molecule has 2 aromatic rings. The van der Waals surface area contributed by atoms with E-state index in [0.29, 0.717) is 17.4 Å². The Kier molecular flexibility index (Phi) is 6.52. The molecule has 0 heterocycles. The molecule has 0 saturated carbocycles. The SMILES string of the molecule is COC[C@@H](O)COc1ccc(OCc2cccc(Cl)c2)cc1. The molecule has 0 saturated heterocycles. The first-order chi connectivity index (χ1) is 10.7. The van der Waals surface area contributed by atoms with Crippen LogP contribution in [-0.2, 0) is 11.3 Å². The van der Waals surface area contributed by atoms with E-state index in [1.807, 2.05) is 36.4 Å². The Labute approximate surface area is 135 Å². The average Bonchev–Trinajstić information content (AvgIpc) is 2.52. The summed E-state index contributed by atoms with van der Waals surface area (Å²) in [7, 11) is 1.54. The fourth-order valence-electron chi connectivity index (χ4n) is 1.86. The minimum atomic E-state index is -0.635. The highest BCUT2D eigenvalue weighted by atomic mass is 35.5. The van der Waals surface area contributed by atoms with Gasteiger partial charge in [0.25, 0.3) is 0 Å². The molecule has 118 valence electrons. The smallest absolute Gasteiger partial charge is 0.120 e. The summed E-state index contributed by atoms with van der Waals surface area (Å²) in [6, 6.07) is 14.8. The fraction of sp³-hybridized carbons (Fsp3) is 0.294. The molecule has 0 bridgehead atoms. The third-order valence-corrected chi connectivity index (χ3v) is 3.15. The lowest BCUT2D eigenvalue weighted by Gasteiger charge is -2.12. The third-order valence-electron chi connectivity index (χ3n) is 2.92. The van der Waals surface area contributed by atoms with Gasteiger partial charge in [0.2, 0.25) is 0 Å². The fourth-order valence-corrected chi connectivity index (χ4v) is 2.07. The van der Waals surface area contributed by atoms with E-state index in [1.165, 1.54) is 7.11 Å². The van der Waals surface area contributed by atoms with Gasteiger partial charge in [-0.25, -0.2) is 0 Å². The van der Waals surface area contributed by atoms with Crippen LogP contribution in [-0.4, -0.2) is 31.5 Å². The molecule has 0 fully saturated rings. The van der Waals surface area contributed by atoms with Crippen molar-refractivity contribution >= 4 is 11.6 Å². The van der Waals surface area contributed by atoms with Crippen LogP contribution in [0.4, 0.5) is 0 Å². The molecule has 0 radical (unpaired) electrons. The van der Waals surface area contributed by atoms with Gasteiger partial charge in [0.15, 0.2) is 0 Å². The van der Waals surface area contributed by atoms with E-state index >= 15 is 0 Å². The largest absolute Gasteiger partial charge is 0.491 e. The van der Waals surface area contributed by atoms with Crippen molar-refractivity contribution in [2.75, 3.05) is 20.3 Å². The van der Waals surface area contributed by atoms with Gasteiger partial charge in [0.1, 0.15) is 30.8 Å². The van der Waals surface area contributed by atoms with Crippen molar-refractivity contribution in [1.82, 2.24) is 0 Å². The second-order valence-electron chi connectivity index (χ2n) is 4.81. The molecular weight excluding hydrogens is 304 g/mol. The summed E-state index contributed by atoms with van der Waals surface area (Å²) in [6.07, 6.45) is -0.635. The minimum absolute atomic E-state index is 0.191. The van der Waals surface area contributed by atoms with E-state index in [2.05, 4.69) is 0 Å². The number of benzene rings is 2. The van der Waals surface area contributed by atoms with Gasteiger partial charge in [-0.1, -0.05) is 23.7 Å². The molecular formula is C17H19ClO4. The lowest BCUT2D eigenvalue weighted by molar-refractivity contribution is 0.0325. The van der Waals surface area contributed by atoms with E-state index in [0.717, 1.165) is 11.3 Å². The van der Waals surface area contributed by atoms with Gasteiger partial charge in [-0.05, 0) is 42.0 Å². The van der Waals surface area contributed by atoms with Gasteiger partial charge >= 0.3 is 0 Å². The molecule has 0 aliphatic rings. The van der Waals surface area contributed by atoms with Crippen molar-refractivity contribution in [3.63, 3.8) is 0 Å².